The van der Waals surface area contributed by atoms with Crippen LogP contribution in [0.3, 0.4) is 0 Å². The van der Waals surface area contributed by atoms with Crippen LogP contribution in [0.1, 0.15) is 45.5 Å². The standard InChI is InChI=1S/C21H22ClN3O2S/c1-12-17-13(2)23-19(14-8-9-14)24-20(17)28-18(12)21(26)25(3)10-11-27-16-7-5-4-6-15(16)22/h4-7,14H,8-11H2,1-3H3. The van der Waals surface area contributed by atoms with Gasteiger partial charge in [-0.25, -0.2) is 9.97 Å². The molecular formula is C21H22ClN3O2S. The Morgan fingerprint density at radius 1 is 1.29 bits per heavy atom. The number of halogens is 1. The number of benzene rings is 1. The van der Waals surface area contributed by atoms with Crippen LogP contribution in [0.5, 0.6) is 5.75 Å². The van der Waals surface area contributed by atoms with Crippen LogP contribution in [-0.2, 0) is 0 Å². The monoisotopic (exact) mass is 415 g/mol. The van der Waals surface area contributed by atoms with Gasteiger partial charge in [-0.05, 0) is 44.4 Å². The van der Waals surface area contributed by atoms with Crippen LogP contribution in [0.25, 0.3) is 10.2 Å². The van der Waals surface area contributed by atoms with Gasteiger partial charge in [-0.3, -0.25) is 4.79 Å². The van der Waals surface area contributed by atoms with E-state index in [9.17, 15) is 4.79 Å². The lowest BCUT2D eigenvalue weighted by Gasteiger charge is -2.17. The molecule has 0 saturated heterocycles. The van der Waals surface area contributed by atoms with Gasteiger partial charge in [0.25, 0.3) is 5.91 Å². The van der Waals surface area contributed by atoms with Crippen LogP contribution in [0.2, 0.25) is 5.02 Å². The van der Waals surface area contributed by atoms with Crippen LogP contribution < -0.4 is 4.74 Å². The number of hydrogen-bond acceptors (Lipinski definition) is 5. The Kier molecular flexibility index (Phi) is 5.25. The van der Waals surface area contributed by atoms with Crippen LogP contribution >= 0.6 is 22.9 Å². The highest BCUT2D eigenvalue weighted by Crippen LogP contribution is 2.40. The van der Waals surface area contributed by atoms with E-state index in [2.05, 4.69) is 4.98 Å². The first-order valence-electron chi connectivity index (χ1n) is 9.36. The fraction of sp³-hybridized carbons (Fsp3) is 0.381. The molecule has 5 nitrogen and oxygen atoms in total. The molecule has 0 unspecified atom stereocenters. The Morgan fingerprint density at radius 3 is 2.75 bits per heavy atom. The molecule has 28 heavy (non-hydrogen) atoms. The fourth-order valence-electron chi connectivity index (χ4n) is 3.22. The molecule has 1 saturated carbocycles. The summed E-state index contributed by atoms with van der Waals surface area (Å²) in [5.74, 6) is 2.03. The largest absolute Gasteiger partial charge is 0.490 e. The molecule has 1 fully saturated rings. The highest BCUT2D eigenvalue weighted by molar-refractivity contribution is 7.20. The predicted octanol–water partition coefficient (Wildman–Crippen LogP) is 4.99. The highest BCUT2D eigenvalue weighted by Gasteiger charge is 2.29. The van der Waals surface area contributed by atoms with Crippen molar-refractivity contribution in [3.05, 3.63) is 51.2 Å². The van der Waals surface area contributed by atoms with Gasteiger partial charge in [0.15, 0.2) is 0 Å². The van der Waals surface area contributed by atoms with E-state index >= 15 is 0 Å². The third kappa shape index (κ3) is 3.71. The van der Waals surface area contributed by atoms with Gasteiger partial charge in [0.05, 0.1) is 22.1 Å². The van der Waals surface area contributed by atoms with E-state index in [1.165, 1.54) is 11.3 Å². The summed E-state index contributed by atoms with van der Waals surface area (Å²) >= 11 is 7.56. The molecule has 1 aliphatic rings. The minimum Gasteiger partial charge on any atom is -0.490 e. The molecule has 1 aromatic carbocycles. The number of ether oxygens (including phenoxy) is 1. The van der Waals surface area contributed by atoms with Crippen molar-refractivity contribution in [2.45, 2.75) is 32.6 Å². The zero-order valence-electron chi connectivity index (χ0n) is 16.2. The molecule has 0 atom stereocenters. The average molecular weight is 416 g/mol. The molecular weight excluding hydrogens is 394 g/mol. The molecule has 1 amide bonds. The van der Waals surface area contributed by atoms with Crippen molar-refractivity contribution in [3.63, 3.8) is 0 Å². The predicted molar refractivity (Wildman–Crippen MR) is 113 cm³/mol. The smallest absolute Gasteiger partial charge is 0.264 e. The second kappa shape index (κ2) is 7.68. The summed E-state index contributed by atoms with van der Waals surface area (Å²) < 4.78 is 5.71. The minimum atomic E-state index is -0.0179. The molecule has 0 bridgehead atoms. The van der Waals surface area contributed by atoms with Gasteiger partial charge in [0.2, 0.25) is 0 Å². The number of aromatic nitrogens is 2. The molecule has 0 aliphatic heterocycles. The molecule has 3 aromatic rings. The first kappa shape index (κ1) is 19.2. The lowest BCUT2D eigenvalue weighted by Crippen LogP contribution is -2.30. The molecule has 146 valence electrons. The van der Waals surface area contributed by atoms with Gasteiger partial charge in [0, 0.05) is 18.4 Å². The molecule has 0 spiro atoms. The van der Waals surface area contributed by atoms with Crippen LogP contribution in [0, 0.1) is 13.8 Å². The van der Waals surface area contributed by atoms with Crippen LogP contribution in [0.4, 0.5) is 0 Å². The van der Waals surface area contributed by atoms with Gasteiger partial charge < -0.3 is 9.64 Å². The Balaban J connectivity index is 1.49. The zero-order chi connectivity index (χ0) is 19.8. The van der Waals surface area contributed by atoms with E-state index in [1.807, 2.05) is 32.0 Å². The first-order valence-corrected chi connectivity index (χ1v) is 10.6. The lowest BCUT2D eigenvalue weighted by atomic mass is 10.1. The van der Waals surface area contributed by atoms with Crippen molar-refractivity contribution in [1.29, 1.82) is 0 Å². The summed E-state index contributed by atoms with van der Waals surface area (Å²) in [6, 6.07) is 7.33. The molecule has 2 aromatic heterocycles. The maximum absolute atomic E-state index is 13.0. The maximum atomic E-state index is 13.0. The van der Waals surface area contributed by atoms with Crippen molar-refractivity contribution in [2.24, 2.45) is 0 Å². The number of amides is 1. The van der Waals surface area contributed by atoms with Gasteiger partial charge in [-0.1, -0.05) is 23.7 Å². The van der Waals surface area contributed by atoms with Gasteiger partial charge in [0.1, 0.15) is 23.0 Å². The van der Waals surface area contributed by atoms with E-state index in [0.717, 1.165) is 45.0 Å². The van der Waals surface area contributed by atoms with Gasteiger partial charge >= 0.3 is 0 Å². The van der Waals surface area contributed by atoms with E-state index in [4.69, 9.17) is 21.3 Å². The summed E-state index contributed by atoms with van der Waals surface area (Å²) in [6.07, 6.45) is 2.32. The molecule has 0 radical (unpaired) electrons. The van der Waals surface area contributed by atoms with Crippen LogP contribution in [0.15, 0.2) is 24.3 Å². The van der Waals surface area contributed by atoms with Crippen molar-refractivity contribution in [3.8, 4) is 5.75 Å². The Hall–Kier alpha value is -2.18. The van der Waals surface area contributed by atoms with Crippen molar-refractivity contribution >= 4 is 39.1 Å². The highest BCUT2D eigenvalue weighted by atomic mass is 35.5. The molecule has 7 heteroatoms. The summed E-state index contributed by atoms with van der Waals surface area (Å²) in [5, 5.41) is 1.58. The molecule has 0 N–H and O–H groups in total. The number of nitrogens with zero attached hydrogens (tertiary/aromatic N) is 3. The van der Waals surface area contributed by atoms with E-state index in [-0.39, 0.29) is 5.91 Å². The maximum Gasteiger partial charge on any atom is 0.264 e. The average Bonchev–Trinajstić information content (AvgIpc) is 3.46. The fourth-order valence-corrected chi connectivity index (χ4v) is 4.64. The second-order valence-corrected chi connectivity index (χ2v) is 8.59. The number of carbonyl (C=O) groups is 1. The quantitative estimate of drug-likeness (QED) is 0.569. The molecule has 1 aliphatic carbocycles. The number of fused-ring (bicyclic) bond motifs is 1. The topological polar surface area (TPSA) is 55.3 Å². The van der Waals surface area contributed by atoms with Crippen LogP contribution in [-0.4, -0.2) is 41.0 Å². The van der Waals surface area contributed by atoms with E-state index < -0.39 is 0 Å². The Labute approximate surface area is 173 Å². The number of carbonyl (C=O) groups excluding carboxylic acids is 1. The molecule has 4 rings (SSSR count). The third-order valence-electron chi connectivity index (χ3n) is 4.99. The lowest BCUT2D eigenvalue weighted by molar-refractivity contribution is 0.0778. The van der Waals surface area contributed by atoms with E-state index in [1.54, 1.807) is 18.0 Å². The van der Waals surface area contributed by atoms with Crippen molar-refractivity contribution in [1.82, 2.24) is 14.9 Å². The summed E-state index contributed by atoms with van der Waals surface area (Å²) in [7, 11) is 1.79. The number of thiophene rings is 1. The number of likely N-dealkylation sites (N-methyl/N-ethyl adjacent to an activating group) is 1. The summed E-state index contributed by atoms with van der Waals surface area (Å²) in [6.45, 7) is 4.83. The van der Waals surface area contributed by atoms with Crippen molar-refractivity contribution in [2.75, 3.05) is 20.2 Å². The summed E-state index contributed by atoms with van der Waals surface area (Å²) in [4.78, 5) is 25.7. The SMILES string of the molecule is Cc1nc(C2CC2)nc2sc(C(=O)N(C)CCOc3ccccc3Cl)c(C)c12. The number of hydrogen-bond donors (Lipinski definition) is 0. The molecule has 2 heterocycles. The Morgan fingerprint density at radius 2 is 2.04 bits per heavy atom. The van der Waals surface area contributed by atoms with E-state index in [0.29, 0.717) is 29.8 Å². The van der Waals surface area contributed by atoms with Crippen molar-refractivity contribution < 1.29 is 9.53 Å². The second-order valence-electron chi connectivity index (χ2n) is 7.18. The normalized spacial score (nSPS) is 13.7. The minimum absolute atomic E-state index is 0.0179. The summed E-state index contributed by atoms with van der Waals surface area (Å²) in [5.41, 5.74) is 1.92. The van der Waals surface area contributed by atoms with Gasteiger partial charge in [-0.2, -0.15) is 0 Å². The third-order valence-corrected chi connectivity index (χ3v) is 6.48. The first-order chi connectivity index (χ1) is 13.5. The van der Waals surface area contributed by atoms with Gasteiger partial charge in [-0.15, -0.1) is 11.3 Å². The zero-order valence-corrected chi connectivity index (χ0v) is 17.7. The number of rotatable bonds is 6. The Bertz CT molecular complexity index is 1050. The number of aryl methyl sites for hydroxylation is 2. The number of para-hydroxylation sites is 1.